The minimum absolute atomic E-state index is 0.305. The van der Waals surface area contributed by atoms with Crippen molar-refractivity contribution in [3.05, 3.63) is 35.9 Å². The van der Waals surface area contributed by atoms with E-state index < -0.39 is 0 Å². The molecular weight excluding hydrogens is 336 g/mol. The van der Waals surface area contributed by atoms with Crippen LogP contribution in [0.4, 0.5) is 0 Å². The van der Waals surface area contributed by atoms with Gasteiger partial charge in [-0.05, 0) is 43.1 Å². The molecule has 2 fully saturated rings. The van der Waals surface area contributed by atoms with Crippen molar-refractivity contribution in [3.8, 4) is 11.8 Å². The van der Waals surface area contributed by atoms with Gasteiger partial charge in [0.05, 0.1) is 31.5 Å². The summed E-state index contributed by atoms with van der Waals surface area (Å²) in [4.78, 5) is 0. The molecule has 1 aromatic carbocycles. The molecule has 2 saturated carbocycles. The van der Waals surface area contributed by atoms with E-state index in [-0.39, 0.29) is 0 Å². The average Bonchev–Trinajstić information content (AvgIpc) is 3.37. The average molecular weight is 360 g/mol. The zero-order valence-electron chi connectivity index (χ0n) is 14.3. The molecule has 134 valence electrons. The van der Waals surface area contributed by atoms with Crippen LogP contribution in [0.5, 0.6) is 11.8 Å². The Balaban J connectivity index is 1.16. The molecule has 2 aliphatic carbocycles. The highest BCUT2D eigenvalue weighted by Gasteiger charge is 2.41. The smallest absolute Gasteiger partial charge is 0.291 e. The van der Waals surface area contributed by atoms with Crippen LogP contribution in [0.15, 0.2) is 30.3 Å². The molecule has 0 unspecified atom stereocenters. The highest BCUT2D eigenvalue weighted by atomic mass is 32.1. The first-order valence-electron chi connectivity index (χ1n) is 9.12. The zero-order chi connectivity index (χ0) is 16.9. The van der Waals surface area contributed by atoms with E-state index in [1.165, 1.54) is 24.8 Å². The molecule has 3 atom stereocenters. The number of benzene rings is 1. The Morgan fingerprint density at radius 1 is 1.00 bits per heavy atom. The third-order valence-electron chi connectivity index (χ3n) is 5.15. The van der Waals surface area contributed by atoms with E-state index in [4.69, 9.17) is 14.2 Å². The van der Waals surface area contributed by atoms with Crippen molar-refractivity contribution < 1.29 is 14.2 Å². The van der Waals surface area contributed by atoms with Crippen molar-refractivity contribution in [2.75, 3.05) is 13.2 Å². The molecule has 1 aromatic heterocycles. The number of hydrogen-bond donors (Lipinski definition) is 0. The van der Waals surface area contributed by atoms with E-state index in [0.29, 0.717) is 43.6 Å². The van der Waals surface area contributed by atoms with Gasteiger partial charge in [0.15, 0.2) is 0 Å². The lowest BCUT2D eigenvalue weighted by atomic mass is 9.98. The third kappa shape index (κ3) is 4.30. The lowest BCUT2D eigenvalue weighted by molar-refractivity contribution is 0.102. The second-order valence-corrected chi connectivity index (χ2v) is 7.47. The molecule has 0 radical (unpaired) electrons. The van der Waals surface area contributed by atoms with Gasteiger partial charge in [-0.15, -0.1) is 8.75 Å². The maximum Gasteiger partial charge on any atom is 0.291 e. The Morgan fingerprint density at radius 3 is 2.68 bits per heavy atom. The van der Waals surface area contributed by atoms with E-state index in [2.05, 4.69) is 20.9 Å². The number of hydrogen-bond acceptors (Lipinski definition) is 6. The van der Waals surface area contributed by atoms with E-state index in [1.54, 1.807) is 0 Å². The highest BCUT2D eigenvalue weighted by Crippen LogP contribution is 2.46. The van der Waals surface area contributed by atoms with Crippen molar-refractivity contribution >= 4 is 11.7 Å². The lowest BCUT2D eigenvalue weighted by Crippen LogP contribution is -2.23. The predicted molar refractivity (Wildman–Crippen MR) is 96.0 cm³/mol. The van der Waals surface area contributed by atoms with Crippen LogP contribution in [0.1, 0.15) is 37.7 Å². The van der Waals surface area contributed by atoms with Crippen molar-refractivity contribution in [2.24, 2.45) is 11.8 Å². The van der Waals surface area contributed by atoms with E-state index >= 15 is 0 Å². The van der Waals surface area contributed by atoms with Crippen molar-refractivity contribution in [2.45, 2.75) is 44.8 Å². The summed E-state index contributed by atoms with van der Waals surface area (Å²) < 4.78 is 26.0. The molecule has 2 aliphatic rings. The van der Waals surface area contributed by atoms with Gasteiger partial charge >= 0.3 is 0 Å². The van der Waals surface area contributed by atoms with Crippen LogP contribution in [-0.2, 0) is 11.3 Å². The fraction of sp³-hybridized carbons (Fsp3) is 0.579. The van der Waals surface area contributed by atoms with Gasteiger partial charge in [-0.25, -0.2) is 0 Å². The van der Waals surface area contributed by atoms with Gasteiger partial charge in [-0.2, -0.15) is 0 Å². The molecule has 0 N–H and O–H groups in total. The molecule has 2 bridgehead atoms. The third-order valence-corrected chi connectivity index (χ3v) is 5.64. The largest absolute Gasteiger partial charge is 0.473 e. The van der Waals surface area contributed by atoms with Gasteiger partial charge in [-0.3, -0.25) is 0 Å². The van der Waals surface area contributed by atoms with Crippen LogP contribution >= 0.6 is 11.7 Å². The monoisotopic (exact) mass is 360 g/mol. The van der Waals surface area contributed by atoms with Gasteiger partial charge in [0, 0.05) is 6.42 Å². The fourth-order valence-electron chi connectivity index (χ4n) is 3.90. The van der Waals surface area contributed by atoms with E-state index in [9.17, 15) is 0 Å². The summed E-state index contributed by atoms with van der Waals surface area (Å²) in [5.41, 5.74) is 1.19. The molecule has 5 nitrogen and oxygen atoms in total. The molecule has 2 aromatic rings. The number of nitrogens with zero attached hydrogens (tertiary/aromatic N) is 2. The van der Waals surface area contributed by atoms with Crippen LogP contribution in [-0.4, -0.2) is 28.1 Å². The maximum absolute atomic E-state index is 6.10. The summed E-state index contributed by atoms with van der Waals surface area (Å²) in [5.74, 6) is 2.67. The number of aromatic nitrogens is 2. The Kier molecular flexibility index (Phi) is 5.47. The summed E-state index contributed by atoms with van der Waals surface area (Å²) in [6, 6.07) is 10.2. The fourth-order valence-corrected chi connectivity index (χ4v) is 4.34. The summed E-state index contributed by atoms with van der Waals surface area (Å²) in [5, 5.41) is 0. The molecular formula is C19H24N2O3S. The van der Waals surface area contributed by atoms with Crippen LogP contribution in [0.25, 0.3) is 0 Å². The van der Waals surface area contributed by atoms with Crippen LogP contribution in [0, 0.1) is 11.8 Å². The summed E-state index contributed by atoms with van der Waals surface area (Å²) in [6.07, 6.45) is 6.26. The van der Waals surface area contributed by atoms with Crippen LogP contribution in [0.2, 0.25) is 0 Å². The molecule has 0 saturated heterocycles. The Hall–Kier alpha value is -1.66. The summed E-state index contributed by atoms with van der Waals surface area (Å²) >= 11 is 1.15. The molecule has 0 spiro atoms. The first-order chi connectivity index (χ1) is 12.4. The Morgan fingerprint density at radius 2 is 1.88 bits per heavy atom. The zero-order valence-corrected chi connectivity index (χ0v) is 15.1. The van der Waals surface area contributed by atoms with Gasteiger partial charge in [0.1, 0.15) is 6.10 Å². The van der Waals surface area contributed by atoms with Crippen molar-refractivity contribution in [1.82, 2.24) is 8.75 Å². The molecule has 25 heavy (non-hydrogen) atoms. The standard InChI is InChI=1S/C19H24N2O3S/c1-2-5-14(6-3-1)13-22-9-4-10-23-18-19(21-25-20-18)24-17-12-15-7-8-16(17)11-15/h1-3,5-6,15-17H,4,7-13H2/t15-,16+,17+/m1/s1. The normalized spacial score (nSPS) is 24.6. The second kappa shape index (κ2) is 8.15. The quantitative estimate of drug-likeness (QED) is 0.631. The Bertz CT molecular complexity index is 664. The number of ether oxygens (including phenoxy) is 3. The topological polar surface area (TPSA) is 53.5 Å². The second-order valence-electron chi connectivity index (χ2n) is 6.95. The van der Waals surface area contributed by atoms with Gasteiger partial charge in [0.2, 0.25) is 0 Å². The van der Waals surface area contributed by atoms with Crippen LogP contribution < -0.4 is 9.47 Å². The van der Waals surface area contributed by atoms with E-state index in [0.717, 1.165) is 30.5 Å². The number of rotatable bonds is 9. The maximum atomic E-state index is 6.10. The predicted octanol–water partition coefficient (Wildman–Crippen LogP) is 4.09. The van der Waals surface area contributed by atoms with Gasteiger partial charge in [0.25, 0.3) is 11.8 Å². The molecule has 0 aliphatic heterocycles. The van der Waals surface area contributed by atoms with Gasteiger partial charge in [-0.1, -0.05) is 30.3 Å². The van der Waals surface area contributed by atoms with Crippen molar-refractivity contribution in [1.29, 1.82) is 0 Å². The minimum Gasteiger partial charge on any atom is -0.473 e. The Labute approximate surface area is 152 Å². The molecule has 4 rings (SSSR count). The van der Waals surface area contributed by atoms with Crippen molar-refractivity contribution in [3.63, 3.8) is 0 Å². The summed E-state index contributed by atoms with van der Waals surface area (Å²) in [7, 11) is 0. The number of fused-ring (bicyclic) bond motifs is 2. The summed E-state index contributed by atoms with van der Waals surface area (Å²) in [6.45, 7) is 1.86. The van der Waals surface area contributed by atoms with E-state index in [1.807, 2.05) is 18.2 Å². The van der Waals surface area contributed by atoms with Crippen LogP contribution in [0.3, 0.4) is 0 Å². The minimum atomic E-state index is 0.305. The first-order valence-corrected chi connectivity index (χ1v) is 9.85. The molecule has 1 heterocycles. The molecule has 0 amide bonds. The molecule has 6 heteroatoms. The van der Waals surface area contributed by atoms with Gasteiger partial charge < -0.3 is 14.2 Å². The first kappa shape index (κ1) is 16.8. The highest BCUT2D eigenvalue weighted by molar-refractivity contribution is 6.99. The SMILES string of the molecule is c1ccc(COCCCOc2nsnc2O[C@H]2C[C@@H]3CC[C@H]2C3)cc1. The lowest BCUT2D eigenvalue weighted by Gasteiger charge is -2.21.